The molecule has 1 unspecified atom stereocenters. The molecule has 2 N–H and O–H groups in total. The van der Waals surface area contributed by atoms with Gasteiger partial charge < -0.3 is 5.73 Å². The van der Waals surface area contributed by atoms with E-state index in [9.17, 15) is 27.7 Å². The second-order valence-electron chi connectivity index (χ2n) is 3.29. The molecule has 4 nitrogen and oxygen atoms in total. The maximum atomic E-state index is 12.9. The molecule has 1 aromatic rings. The Morgan fingerprint density at radius 1 is 1.41 bits per heavy atom. The molecule has 94 valence electrons. The van der Waals surface area contributed by atoms with Gasteiger partial charge in [0.1, 0.15) is 5.82 Å². The summed E-state index contributed by atoms with van der Waals surface area (Å²) in [6, 6.07) is 1.91. The second kappa shape index (κ2) is 4.66. The number of alkyl halides is 3. The molecular formula is C9H8F4N2O2. The minimum atomic E-state index is -4.76. The van der Waals surface area contributed by atoms with E-state index in [2.05, 4.69) is 0 Å². The summed E-state index contributed by atoms with van der Waals surface area (Å²) in [6.45, 7) is -0.881. The third kappa shape index (κ3) is 2.90. The fraction of sp³-hybridized carbons (Fsp3) is 0.333. The van der Waals surface area contributed by atoms with Gasteiger partial charge in [-0.15, -0.1) is 0 Å². The average molecular weight is 252 g/mol. The fourth-order valence-corrected chi connectivity index (χ4v) is 1.41. The lowest BCUT2D eigenvalue weighted by molar-refractivity contribution is -0.386. The predicted molar refractivity (Wildman–Crippen MR) is 50.9 cm³/mol. The first-order valence-electron chi connectivity index (χ1n) is 4.48. The lowest BCUT2D eigenvalue weighted by atomic mass is 9.97. The highest BCUT2D eigenvalue weighted by Crippen LogP contribution is 2.38. The van der Waals surface area contributed by atoms with Gasteiger partial charge in [0.15, 0.2) is 0 Å². The first kappa shape index (κ1) is 13.4. The molecule has 0 spiro atoms. The highest BCUT2D eigenvalue weighted by atomic mass is 19.4. The van der Waals surface area contributed by atoms with Crippen LogP contribution in [0.2, 0.25) is 0 Å². The molecule has 17 heavy (non-hydrogen) atoms. The van der Waals surface area contributed by atoms with Crippen molar-refractivity contribution >= 4 is 5.69 Å². The van der Waals surface area contributed by atoms with Gasteiger partial charge in [-0.05, 0) is 12.1 Å². The van der Waals surface area contributed by atoms with Crippen molar-refractivity contribution in [1.82, 2.24) is 0 Å². The molecule has 0 bridgehead atoms. The molecule has 0 heterocycles. The average Bonchev–Trinajstić information content (AvgIpc) is 2.15. The summed E-state index contributed by atoms with van der Waals surface area (Å²) < 4.78 is 50.5. The first-order chi connectivity index (χ1) is 7.77. The van der Waals surface area contributed by atoms with Gasteiger partial charge in [0.05, 0.1) is 10.8 Å². The van der Waals surface area contributed by atoms with Crippen molar-refractivity contribution in [2.24, 2.45) is 5.73 Å². The van der Waals surface area contributed by atoms with E-state index in [0.717, 1.165) is 6.07 Å². The SMILES string of the molecule is NCC(c1cc(F)ccc1[N+](=O)[O-])C(F)(F)F. The van der Waals surface area contributed by atoms with E-state index in [-0.39, 0.29) is 0 Å². The van der Waals surface area contributed by atoms with Gasteiger partial charge in [0, 0.05) is 18.2 Å². The van der Waals surface area contributed by atoms with Crippen molar-refractivity contribution in [2.45, 2.75) is 12.1 Å². The smallest absolute Gasteiger partial charge is 0.330 e. The summed E-state index contributed by atoms with van der Waals surface area (Å²) in [5, 5.41) is 10.6. The maximum Gasteiger partial charge on any atom is 0.397 e. The number of nitro groups is 1. The molecule has 1 rings (SSSR count). The Kier molecular flexibility index (Phi) is 3.66. The molecule has 1 aromatic carbocycles. The van der Waals surface area contributed by atoms with Crippen LogP contribution in [0.15, 0.2) is 18.2 Å². The Labute approximate surface area is 93.2 Å². The van der Waals surface area contributed by atoms with Crippen molar-refractivity contribution in [3.8, 4) is 0 Å². The monoisotopic (exact) mass is 252 g/mol. The van der Waals surface area contributed by atoms with E-state index >= 15 is 0 Å². The lowest BCUT2D eigenvalue weighted by Gasteiger charge is -2.18. The number of hydrogen-bond donors (Lipinski definition) is 1. The van der Waals surface area contributed by atoms with Gasteiger partial charge in [-0.3, -0.25) is 10.1 Å². The quantitative estimate of drug-likeness (QED) is 0.510. The molecular weight excluding hydrogens is 244 g/mol. The van der Waals surface area contributed by atoms with Gasteiger partial charge in [0.25, 0.3) is 5.69 Å². The second-order valence-corrected chi connectivity index (χ2v) is 3.29. The van der Waals surface area contributed by atoms with Crippen LogP contribution in [0.25, 0.3) is 0 Å². The van der Waals surface area contributed by atoms with Gasteiger partial charge in [-0.25, -0.2) is 4.39 Å². The molecule has 0 radical (unpaired) electrons. The van der Waals surface area contributed by atoms with Gasteiger partial charge >= 0.3 is 6.18 Å². The molecule has 0 amide bonds. The summed E-state index contributed by atoms with van der Waals surface area (Å²) in [5.41, 5.74) is 3.39. The number of nitrogens with zero attached hydrogens (tertiary/aromatic N) is 1. The number of halogens is 4. The van der Waals surface area contributed by atoms with Crippen LogP contribution in [0.4, 0.5) is 23.2 Å². The van der Waals surface area contributed by atoms with Crippen LogP contribution in [0.5, 0.6) is 0 Å². The van der Waals surface area contributed by atoms with Crippen molar-refractivity contribution in [1.29, 1.82) is 0 Å². The zero-order valence-corrected chi connectivity index (χ0v) is 8.37. The number of benzene rings is 1. The molecule has 0 fully saturated rings. The van der Waals surface area contributed by atoms with E-state index in [0.29, 0.717) is 12.1 Å². The van der Waals surface area contributed by atoms with E-state index in [1.807, 2.05) is 0 Å². The fourth-order valence-electron chi connectivity index (χ4n) is 1.41. The van der Waals surface area contributed by atoms with Gasteiger partial charge in [-0.1, -0.05) is 0 Å². The third-order valence-corrected chi connectivity index (χ3v) is 2.19. The van der Waals surface area contributed by atoms with Crippen LogP contribution < -0.4 is 5.73 Å². The van der Waals surface area contributed by atoms with Crippen molar-refractivity contribution in [2.75, 3.05) is 6.54 Å². The summed E-state index contributed by atoms with van der Waals surface area (Å²) in [4.78, 5) is 9.56. The summed E-state index contributed by atoms with van der Waals surface area (Å²) in [7, 11) is 0. The van der Waals surface area contributed by atoms with Gasteiger partial charge in [0.2, 0.25) is 0 Å². The number of nitrogens with two attached hydrogens (primary N) is 1. The topological polar surface area (TPSA) is 69.2 Å². The Hall–Kier alpha value is -1.70. The maximum absolute atomic E-state index is 12.9. The number of hydrogen-bond acceptors (Lipinski definition) is 3. The molecule has 1 atom stereocenters. The molecule has 0 aromatic heterocycles. The van der Waals surface area contributed by atoms with E-state index in [1.165, 1.54) is 0 Å². The molecule has 0 aliphatic carbocycles. The van der Waals surface area contributed by atoms with E-state index < -0.39 is 40.6 Å². The minimum Gasteiger partial charge on any atom is -0.330 e. The van der Waals surface area contributed by atoms with E-state index in [4.69, 9.17) is 5.73 Å². The van der Waals surface area contributed by atoms with Crippen LogP contribution in [0.3, 0.4) is 0 Å². The van der Waals surface area contributed by atoms with Crippen molar-refractivity contribution in [3.05, 3.63) is 39.7 Å². The van der Waals surface area contributed by atoms with Crippen molar-refractivity contribution < 1.29 is 22.5 Å². The van der Waals surface area contributed by atoms with Crippen LogP contribution in [-0.2, 0) is 0 Å². The molecule has 0 aliphatic rings. The van der Waals surface area contributed by atoms with E-state index in [1.54, 1.807) is 0 Å². The highest BCUT2D eigenvalue weighted by Gasteiger charge is 2.43. The third-order valence-electron chi connectivity index (χ3n) is 2.19. The highest BCUT2D eigenvalue weighted by molar-refractivity contribution is 5.43. The van der Waals surface area contributed by atoms with Gasteiger partial charge in [-0.2, -0.15) is 13.2 Å². The van der Waals surface area contributed by atoms with Crippen molar-refractivity contribution in [3.63, 3.8) is 0 Å². The first-order valence-corrected chi connectivity index (χ1v) is 4.48. The summed E-state index contributed by atoms with van der Waals surface area (Å²) in [5.74, 6) is -3.23. The van der Waals surface area contributed by atoms with Crippen LogP contribution in [-0.4, -0.2) is 17.6 Å². The zero-order chi connectivity index (χ0) is 13.2. The standard InChI is InChI=1S/C9H8F4N2O2/c10-5-1-2-8(15(16)17)6(3-5)7(4-14)9(11,12)13/h1-3,7H,4,14H2. The largest absolute Gasteiger partial charge is 0.397 e. The summed E-state index contributed by atoms with van der Waals surface area (Å²) >= 11 is 0. The Morgan fingerprint density at radius 2 is 2.00 bits per heavy atom. The number of nitro benzene ring substituents is 1. The Morgan fingerprint density at radius 3 is 2.41 bits per heavy atom. The lowest BCUT2D eigenvalue weighted by Crippen LogP contribution is -2.28. The molecule has 0 saturated carbocycles. The van der Waals surface area contributed by atoms with Crippen LogP contribution in [0.1, 0.15) is 11.5 Å². The summed E-state index contributed by atoms with van der Waals surface area (Å²) in [6.07, 6.45) is -4.76. The normalized spacial score (nSPS) is 13.5. The predicted octanol–water partition coefficient (Wildman–Crippen LogP) is 2.34. The molecule has 8 heteroatoms. The Bertz CT molecular complexity index is 433. The zero-order valence-electron chi connectivity index (χ0n) is 8.37. The Balaban J connectivity index is 3.36. The number of rotatable bonds is 3. The molecule has 0 saturated heterocycles. The van der Waals surface area contributed by atoms with Crippen LogP contribution in [0, 0.1) is 15.9 Å². The molecule has 0 aliphatic heterocycles. The van der Waals surface area contributed by atoms with Crippen LogP contribution >= 0.6 is 0 Å². The minimum absolute atomic E-state index is 0.489.